The van der Waals surface area contributed by atoms with Gasteiger partial charge in [-0.3, -0.25) is 0 Å². The first-order chi connectivity index (χ1) is 9.63. The van der Waals surface area contributed by atoms with Crippen LogP contribution in [-0.4, -0.2) is 28.6 Å². The number of aromatic nitrogens is 2. The largest absolute Gasteiger partial charge is 0.493 e. The summed E-state index contributed by atoms with van der Waals surface area (Å²) in [6.45, 7) is 4.81. The van der Waals surface area contributed by atoms with Gasteiger partial charge >= 0.3 is 0 Å². The van der Waals surface area contributed by atoms with Crippen molar-refractivity contribution in [3.63, 3.8) is 0 Å². The highest BCUT2D eigenvalue weighted by Crippen LogP contribution is 2.26. The summed E-state index contributed by atoms with van der Waals surface area (Å²) in [5.41, 5.74) is 0. The average Bonchev–Trinajstić information content (AvgIpc) is 2.81. The first-order valence-corrected chi connectivity index (χ1v) is 8.84. The third-order valence-electron chi connectivity index (χ3n) is 2.19. The molecule has 20 heavy (non-hydrogen) atoms. The summed E-state index contributed by atoms with van der Waals surface area (Å²) in [5.74, 6) is 1.72. The fourth-order valence-electron chi connectivity index (χ4n) is 1.42. The molecule has 0 saturated carbocycles. The number of nitrogens with one attached hydrogen (secondary N) is 1. The lowest BCUT2D eigenvalue weighted by Crippen LogP contribution is -2.08. The molecule has 1 aromatic heterocycles. The van der Waals surface area contributed by atoms with Crippen LogP contribution in [0.1, 0.15) is 13.8 Å². The first kappa shape index (κ1) is 15.6. The first-order valence-electron chi connectivity index (χ1n) is 6.24. The van der Waals surface area contributed by atoms with Gasteiger partial charge < -0.3 is 10.1 Å². The van der Waals surface area contributed by atoms with E-state index in [1.54, 1.807) is 23.1 Å². The highest BCUT2D eigenvalue weighted by molar-refractivity contribution is 9.10. The fourth-order valence-corrected chi connectivity index (χ4v) is 3.58. The SMILES string of the molecule is CC(C)Nc1nnc(SCCOc2cccc(Br)c2)s1. The van der Waals surface area contributed by atoms with E-state index in [9.17, 15) is 0 Å². The molecule has 7 heteroatoms. The number of benzene rings is 1. The molecule has 0 aliphatic carbocycles. The molecule has 1 heterocycles. The molecule has 0 atom stereocenters. The predicted molar refractivity (Wildman–Crippen MR) is 89.0 cm³/mol. The highest BCUT2D eigenvalue weighted by Gasteiger charge is 2.05. The van der Waals surface area contributed by atoms with Crippen LogP contribution in [0.4, 0.5) is 5.13 Å². The third kappa shape index (κ3) is 5.30. The maximum absolute atomic E-state index is 5.67. The van der Waals surface area contributed by atoms with Crippen molar-refractivity contribution in [2.75, 3.05) is 17.7 Å². The summed E-state index contributed by atoms with van der Waals surface area (Å²) in [6, 6.07) is 8.22. The molecule has 0 aliphatic rings. The van der Waals surface area contributed by atoms with E-state index < -0.39 is 0 Å². The number of hydrogen-bond donors (Lipinski definition) is 1. The van der Waals surface area contributed by atoms with Crippen LogP contribution in [0, 0.1) is 0 Å². The summed E-state index contributed by atoms with van der Waals surface area (Å²) in [7, 11) is 0. The van der Waals surface area contributed by atoms with Gasteiger partial charge in [0.1, 0.15) is 5.75 Å². The maximum Gasteiger partial charge on any atom is 0.206 e. The van der Waals surface area contributed by atoms with E-state index in [4.69, 9.17) is 4.74 Å². The van der Waals surface area contributed by atoms with E-state index in [1.165, 1.54) is 0 Å². The molecule has 2 aromatic rings. The second kappa shape index (κ2) is 7.85. The van der Waals surface area contributed by atoms with Crippen molar-refractivity contribution in [2.45, 2.75) is 24.2 Å². The Bertz CT molecular complexity index is 548. The van der Waals surface area contributed by atoms with Crippen LogP contribution in [0.3, 0.4) is 0 Å². The normalized spacial score (nSPS) is 10.8. The van der Waals surface area contributed by atoms with Gasteiger partial charge in [0.25, 0.3) is 0 Å². The summed E-state index contributed by atoms with van der Waals surface area (Å²) in [4.78, 5) is 0. The second-order valence-electron chi connectivity index (χ2n) is 4.33. The predicted octanol–water partition coefficient (Wildman–Crippen LogP) is 4.29. The van der Waals surface area contributed by atoms with Gasteiger partial charge in [0, 0.05) is 16.3 Å². The minimum absolute atomic E-state index is 0.376. The van der Waals surface area contributed by atoms with E-state index in [0.717, 1.165) is 25.4 Å². The molecule has 0 radical (unpaired) electrons. The molecular weight excluding hydrogens is 358 g/mol. The van der Waals surface area contributed by atoms with Crippen molar-refractivity contribution in [1.82, 2.24) is 10.2 Å². The Morgan fingerprint density at radius 1 is 1.40 bits per heavy atom. The van der Waals surface area contributed by atoms with E-state index in [0.29, 0.717) is 12.6 Å². The molecule has 0 fully saturated rings. The van der Waals surface area contributed by atoms with Crippen molar-refractivity contribution in [2.24, 2.45) is 0 Å². The molecule has 0 bridgehead atoms. The monoisotopic (exact) mass is 373 g/mol. The van der Waals surface area contributed by atoms with Crippen molar-refractivity contribution in [3.8, 4) is 5.75 Å². The number of hydrogen-bond acceptors (Lipinski definition) is 6. The fraction of sp³-hybridized carbons (Fsp3) is 0.385. The highest BCUT2D eigenvalue weighted by atomic mass is 79.9. The standard InChI is InChI=1S/C13H16BrN3OS2/c1-9(2)15-12-16-17-13(20-12)19-7-6-18-11-5-3-4-10(14)8-11/h3-5,8-9H,6-7H2,1-2H3,(H,15,16). The van der Waals surface area contributed by atoms with Crippen LogP contribution in [0.5, 0.6) is 5.75 Å². The maximum atomic E-state index is 5.67. The number of rotatable bonds is 7. The number of nitrogens with zero attached hydrogens (tertiary/aromatic N) is 2. The molecule has 0 saturated heterocycles. The molecular formula is C13H16BrN3OS2. The number of thioether (sulfide) groups is 1. The molecule has 0 unspecified atom stereocenters. The summed E-state index contributed by atoms with van der Waals surface area (Å²) in [6.07, 6.45) is 0. The number of halogens is 1. The molecule has 108 valence electrons. The van der Waals surface area contributed by atoms with E-state index in [1.807, 2.05) is 24.3 Å². The Balaban J connectivity index is 1.72. The van der Waals surface area contributed by atoms with Gasteiger partial charge in [0.05, 0.1) is 6.61 Å². The Labute approximate surface area is 135 Å². The van der Waals surface area contributed by atoms with Crippen LogP contribution in [0.25, 0.3) is 0 Å². The molecule has 4 nitrogen and oxygen atoms in total. The van der Waals surface area contributed by atoms with E-state index in [-0.39, 0.29) is 0 Å². The Hall–Kier alpha value is -0.790. The quantitative estimate of drug-likeness (QED) is 0.579. The van der Waals surface area contributed by atoms with Crippen molar-refractivity contribution >= 4 is 44.2 Å². The lowest BCUT2D eigenvalue weighted by molar-refractivity contribution is 0.344. The molecule has 0 amide bonds. The van der Waals surface area contributed by atoms with Crippen molar-refractivity contribution in [1.29, 1.82) is 0 Å². The zero-order valence-electron chi connectivity index (χ0n) is 11.3. The van der Waals surface area contributed by atoms with Gasteiger partial charge in [-0.15, -0.1) is 10.2 Å². The minimum atomic E-state index is 0.376. The Morgan fingerprint density at radius 2 is 2.25 bits per heavy atom. The molecule has 0 spiro atoms. The van der Waals surface area contributed by atoms with Crippen LogP contribution in [0.15, 0.2) is 33.1 Å². The van der Waals surface area contributed by atoms with Gasteiger partial charge in [-0.1, -0.05) is 45.1 Å². The van der Waals surface area contributed by atoms with Gasteiger partial charge in [-0.2, -0.15) is 0 Å². The summed E-state index contributed by atoms with van der Waals surface area (Å²) in [5, 5.41) is 12.3. The molecule has 2 rings (SSSR count). The topological polar surface area (TPSA) is 47.0 Å². The zero-order chi connectivity index (χ0) is 14.4. The van der Waals surface area contributed by atoms with Gasteiger partial charge in [0.15, 0.2) is 4.34 Å². The minimum Gasteiger partial charge on any atom is -0.493 e. The summed E-state index contributed by atoms with van der Waals surface area (Å²) < 4.78 is 7.66. The lowest BCUT2D eigenvalue weighted by atomic mass is 10.3. The average molecular weight is 374 g/mol. The van der Waals surface area contributed by atoms with Crippen LogP contribution >= 0.6 is 39.0 Å². The smallest absolute Gasteiger partial charge is 0.206 e. The Kier molecular flexibility index (Phi) is 6.12. The Morgan fingerprint density at radius 3 is 3.00 bits per heavy atom. The van der Waals surface area contributed by atoms with Crippen LogP contribution in [0.2, 0.25) is 0 Å². The zero-order valence-corrected chi connectivity index (χ0v) is 14.5. The van der Waals surface area contributed by atoms with Crippen LogP contribution < -0.4 is 10.1 Å². The van der Waals surface area contributed by atoms with Crippen molar-refractivity contribution in [3.05, 3.63) is 28.7 Å². The van der Waals surface area contributed by atoms with Gasteiger partial charge in [-0.25, -0.2) is 0 Å². The second-order valence-corrected chi connectivity index (χ2v) is 7.56. The molecule has 1 N–H and O–H groups in total. The van der Waals surface area contributed by atoms with Crippen LogP contribution in [-0.2, 0) is 0 Å². The summed E-state index contributed by atoms with van der Waals surface area (Å²) >= 11 is 6.66. The van der Waals surface area contributed by atoms with Crippen molar-refractivity contribution < 1.29 is 4.74 Å². The van der Waals surface area contributed by atoms with E-state index in [2.05, 4.69) is 45.3 Å². The van der Waals surface area contributed by atoms with Gasteiger partial charge in [-0.05, 0) is 32.0 Å². The number of ether oxygens (including phenoxy) is 1. The van der Waals surface area contributed by atoms with E-state index >= 15 is 0 Å². The third-order valence-corrected chi connectivity index (χ3v) is 4.64. The van der Waals surface area contributed by atoms with Gasteiger partial charge in [0.2, 0.25) is 5.13 Å². The molecule has 0 aliphatic heterocycles. The lowest BCUT2D eigenvalue weighted by Gasteiger charge is -2.05. The molecule has 1 aromatic carbocycles. The number of anilines is 1.